The van der Waals surface area contributed by atoms with Crippen molar-refractivity contribution in [3.63, 3.8) is 0 Å². The standard InChI is InChI=1S/C25H25ClF6N4O4/c26-21-3-1-16(13-19(21)24(27,28)29)34-9-11-35(12-10-34)23(37)15-40-18-5-7-33(8-6-18)17-2-4-22(36(38)39)20(14-17)25(30,31)32/h1-4,13-14,18H,5-12,15H2. The molecule has 2 aromatic carbocycles. The molecule has 0 unspecified atom stereocenters. The molecule has 2 aliphatic heterocycles. The van der Waals surface area contributed by atoms with Crippen LogP contribution in [-0.4, -0.2) is 67.7 Å². The molecular weight excluding hydrogens is 570 g/mol. The Hall–Kier alpha value is -3.26. The Bertz CT molecular complexity index is 1240. The van der Waals surface area contributed by atoms with Crippen molar-refractivity contribution in [2.24, 2.45) is 0 Å². The molecule has 0 atom stereocenters. The molecule has 2 aromatic rings. The average molecular weight is 595 g/mol. The van der Waals surface area contributed by atoms with E-state index in [-0.39, 0.29) is 29.3 Å². The van der Waals surface area contributed by atoms with Crippen LogP contribution in [0.1, 0.15) is 24.0 Å². The molecule has 4 rings (SSSR count). The lowest BCUT2D eigenvalue weighted by molar-refractivity contribution is -0.388. The van der Waals surface area contributed by atoms with E-state index in [1.165, 1.54) is 18.2 Å². The molecule has 0 radical (unpaired) electrons. The van der Waals surface area contributed by atoms with Crippen LogP contribution in [0.15, 0.2) is 36.4 Å². The molecule has 15 heteroatoms. The minimum atomic E-state index is -4.87. The van der Waals surface area contributed by atoms with Crippen LogP contribution in [0.4, 0.5) is 43.4 Å². The monoisotopic (exact) mass is 594 g/mol. The van der Waals surface area contributed by atoms with Crippen LogP contribution < -0.4 is 9.80 Å². The van der Waals surface area contributed by atoms with Crippen molar-refractivity contribution in [2.45, 2.75) is 31.3 Å². The third kappa shape index (κ3) is 6.89. The molecule has 40 heavy (non-hydrogen) atoms. The Labute approximate surface area is 230 Å². The van der Waals surface area contributed by atoms with Crippen LogP contribution in [0.5, 0.6) is 0 Å². The van der Waals surface area contributed by atoms with E-state index < -0.39 is 34.1 Å². The molecule has 2 saturated heterocycles. The molecular formula is C25H25ClF6N4O4. The maximum atomic E-state index is 13.3. The Morgan fingerprint density at radius 2 is 1.40 bits per heavy atom. The van der Waals surface area contributed by atoms with Crippen molar-refractivity contribution in [1.82, 2.24) is 4.90 Å². The predicted octanol–water partition coefficient (Wildman–Crippen LogP) is 5.62. The third-order valence-corrected chi connectivity index (χ3v) is 7.31. The zero-order valence-corrected chi connectivity index (χ0v) is 21.7. The van der Waals surface area contributed by atoms with Crippen molar-refractivity contribution < 1.29 is 40.8 Å². The van der Waals surface area contributed by atoms with E-state index in [0.29, 0.717) is 57.8 Å². The summed E-state index contributed by atoms with van der Waals surface area (Å²) in [5.41, 5.74) is -2.65. The molecule has 8 nitrogen and oxygen atoms in total. The number of carbonyl (C=O) groups is 1. The number of nitro benzene ring substituents is 1. The number of carbonyl (C=O) groups excluding carboxylic acids is 1. The highest BCUT2D eigenvalue weighted by atomic mass is 35.5. The molecule has 0 bridgehead atoms. The van der Waals surface area contributed by atoms with Gasteiger partial charge in [0.15, 0.2) is 0 Å². The molecule has 1 amide bonds. The summed E-state index contributed by atoms with van der Waals surface area (Å²) in [6, 6.07) is 6.61. The number of hydrogen-bond donors (Lipinski definition) is 0. The number of halogens is 7. The fourth-order valence-corrected chi connectivity index (χ4v) is 5.03. The number of alkyl halides is 6. The van der Waals surface area contributed by atoms with Gasteiger partial charge in [-0.25, -0.2) is 0 Å². The maximum Gasteiger partial charge on any atom is 0.423 e. The van der Waals surface area contributed by atoms with Gasteiger partial charge in [-0.2, -0.15) is 26.3 Å². The SMILES string of the molecule is O=C(COC1CCN(c2ccc([N+](=O)[O-])c(C(F)(F)F)c2)CC1)N1CCN(c2ccc(Cl)c(C(F)(F)F)c2)CC1. The van der Waals surface area contributed by atoms with E-state index in [4.69, 9.17) is 16.3 Å². The number of anilines is 2. The predicted molar refractivity (Wildman–Crippen MR) is 135 cm³/mol. The van der Waals surface area contributed by atoms with Crippen molar-refractivity contribution in [3.8, 4) is 0 Å². The van der Waals surface area contributed by atoms with E-state index >= 15 is 0 Å². The normalized spacial score (nSPS) is 17.3. The summed E-state index contributed by atoms with van der Waals surface area (Å²) in [6.07, 6.45) is -8.86. The first-order chi connectivity index (χ1) is 18.7. The highest BCUT2D eigenvalue weighted by Crippen LogP contribution is 2.39. The molecule has 0 aromatic heterocycles. The van der Waals surface area contributed by atoms with Gasteiger partial charge >= 0.3 is 12.4 Å². The van der Waals surface area contributed by atoms with E-state index in [9.17, 15) is 41.3 Å². The lowest BCUT2D eigenvalue weighted by Gasteiger charge is -2.37. The summed E-state index contributed by atoms with van der Waals surface area (Å²) >= 11 is 5.69. The van der Waals surface area contributed by atoms with Gasteiger partial charge in [0.05, 0.1) is 21.6 Å². The Morgan fingerprint density at radius 3 is 1.95 bits per heavy atom. The molecule has 2 aliphatic rings. The summed E-state index contributed by atoms with van der Waals surface area (Å²) in [6.45, 7) is 1.75. The second-order valence-corrected chi connectivity index (χ2v) is 9.89. The molecule has 0 spiro atoms. The highest BCUT2D eigenvalue weighted by Gasteiger charge is 2.39. The largest absolute Gasteiger partial charge is 0.423 e. The van der Waals surface area contributed by atoms with Gasteiger partial charge in [0.25, 0.3) is 5.69 Å². The Kier molecular flexibility index (Phi) is 8.69. The first-order valence-corrected chi connectivity index (χ1v) is 12.7. The Morgan fingerprint density at radius 1 is 0.875 bits per heavy atom. The third-order valence-electron chi connectivity index (χ3n) is 6.98. The van der Waals surface area contributed by atoms with E-state index in [0.717, 1.165) is 18.2 Å². The van der Waals surface area contributed by atoms with Crippen LogP contribution in [0.3, 0.4) is 0 Å². The zero-order valence-electron chi connectivity index (χ0n) is 21.0. The van der Waals surface area contributed by atoms with Gasteiger partial charge in [0, 0.05) is 56.7 Å². The second kappa shape index (κ2) is 11.7. The minimum Gasteiger partial charge on any atom is -0.371 e. The van der Waals surface area contributed by atoms with Gasteiger partial charge in [0.2, 0.25) is 5.91 Å². The number of benzene rings is 2. The number of hydrogen-bond acceptors (Lipinski definition) is 6. The number of amides is 1. The minimum absolute atomic E-state index is 0.195. The first kappa shape index (κ1) is 29.7. The van der Waals surface area contributed by atoms with Crippen LogP contribution in [0.25, 0.3) is 0 Å². The van der Waals surface area contributed by atoms with E-state index in [2.05, 4.69) is 0 Å². The lowest BCUT2D eigenvalue weighted by atomic mass is 10.1. The fraction of sp³-hybridized carbons (Fsp3) is 0.480. The molecule has 0 N–H and O–H groups in total. The van der Waals surface area contributed by atoms with Crippen LogP contribution in [0, 0.1) is 10.1 Å². The van der Waals surface area contributed by atoms with Gasteiger partial charge in [-0.1, -0.05) is 11.6 Å². The smallest absolute Gasteiger partial charge is 0.371 e. The first-order valence-electron chi connectivity index (χ1n) is 12.4. The van der Waals surface area contributed by atoms with Gasteiger partial charge in [-0.05, 0) is 43.2 Å². The molecule has 0 aliphatic carbocycles. The molecule has 2 heterocycles. The van der Waals surface area contributed by atoms with Gasteiger partial charge in [-0.3, -0.25) is 14.9 Å². The van der Waals surface area contributed by atoms with E-state index in [1.54, 1.807) is 14.7 Å². The fourth-order valence-electron chi connectivity index (χ4n) is 4.81. The highest BCUT2D eigenvalue weighted by molar-refractivity contribution is 6.31. The number of nitrogens with zero attached hydrogens (tertiary/aromatic N) is 4. The Balaban J connectivity index is 1.25. The quantitative estimate of drug-likeness (QED) is 0.245. The van der Waals surface area contributed by atoms with Gasteiger partial charge < -0.3 is 19.4 Å². The summed E-state index contributed by atoms with van der Waals surface area (Å²) in [4.78, 5) is 27.6. The van der Waals surface area contributed by atoms with Crippen LogP contribution in [0.2, 0.25) is 5.02 Å². The van der Waals surface area contributed by atoms with Gasteiger partial charge in [0.1, 0.15) is 12.2 Å². The molecule has 218 valence electrons. The number of piperidine rings is 1. The van der Waals surface area contributed by atoms with Crippen LogP contribution >= 0.6 is 11.6 Å². The van der Waals surface area contributed by atoms with Crippen molar-refractivity contribution >= 4 is 34.6 Å². The number of ether oxygens (including phenoxy) is 1. The zero-order chi connectivity index (χ0) is 29.2. The summed E-state index contributed by atoms with van der Waals surface area (Å²) in [7, 11) is 0. The second-order valence-electron chi connectivity index (χ2n) is 9.48. The summed E-state index contributed by atoms with van der Waals surface area (Å²) < 4.78 is 85.2. The van der Waals surface area contributed by atoms with E-state index in [1.807, 2.05) is 0 Å². The molecule has 0 saturated carbocycles. The summed E-state index contributed by atoms with van der Waals surface area (Å²) in [5.74, 6) is -0.264. The number of rotatable bonds is 6. The summed E-state index contributed by atoms with van der Waals surface area (Å²) in [5, 5.41) is 10.6. The van der Waals surface area contributed by atoms with Crippen molar-refractivity contribution in [2.75, 3.05) is 55.7 Å². The average Bonchev–Trinajstić information content (AvgIpc) is 2.91. The lowest BCUT2D eigenvalue weighted by Crippen LogP contribution is -2.50. The van der Waals surface area contributed by atoms with Crippen molar-refractivity contribution in [3.05, 3.63) is 62.7 Å². The van der Waals surface area contributed by atoms with Gasteiger partial charge in [-0.15, -0.1) is 0 Å². The van der Waals surface area contributed by atoms with Crippen molar-refractivity contribution in [1.29, 1.82) is 0 Å². The number of nitro groups is 1. The maximum absolute atomic E-state index is 13.3. The topological polar surface area (TPSA) is 79.2 Å². The van der Waals surface area contributed by atoms with Crippen LogP contribution in [-0.2, 0) is 21.9 Å². The molecule has 2 fully saturated rings. The number of piperazine rings is 1.